The highest BCUT2D eigenvalue weighted by Crippen LogP contribution is 2.35. The number of thiazole rings is 1. The van der Waals surface area contributed by atoms with Crippen LogP contribution in [0.1, 0.15) is 48.3 Å². The Balaban J connectivity index is 1.68. The van der Waals surface area contributed by atoms with Crippen LogP contribution in [0.3, 0.4) is 0 Å². The lowest BCUT2D eigenvalue weighted by molar-refractivity contribution is -0.122. The molecule has 0 unspecified atom stereocenters. The summed E-state index contributed by atoms with van der Waals surface area (Å²) in [6.45, 7) is 3.35. The van der Waals surface area contributed by atoms with Crippen LogP contribution in [0.25, 0.3) is 11.3 Å². The maximum Gasteiger partial charge on any atom is 0.329 e. The van der Waals surface area contributed by atoms with Crippen LogP contribution in [0.2, 0.25) is 0 Å². The van der Waals surface area contributed by atoms with Gasteiger partial charge >= 0.3 is 5.69 Å². The number of carbonyl (C=O) groups is 3. The maximum atomic E-state index is 13.7. The summed E-state index contributed by atoms with van der Waals surface area (Å²) >= 11 is 1.10. The van der Waals surface area contributed by atoms with E-state index in [1.807, 2.05) is 30.3 Å². The Morgan fingerprint density at radius 2 is 1.82 bits per heavy atom. The van der Waals surface area contributed by atoms with Crippen molar-refractivity contribution in [3.63, 3.8) is 0 Å². The van der Waals surface area contributed by atoms with Crippen LogP contribution in [0.4, 0.5) is 5.13 Å². The molecule has 2 atom stereocenters. The topological polar surface area (TPSA) is 155 Å². The zero-order chi connectivity index (χ0) is 28.8. The van der Waals surface area contributed by atoms with Gasteiger partial charge in [-0.05, 0) is 29.8 Å². The molecule has 4 aromatic rings. The number of H-pyrrole nitrogens is 1. The van der Waals surface area contributed by atoms with E-state index < -0.39 is 29.4 Å². The lowest BCUT2D eigenvalue weighted by atomic mass is 9.92. The molecule has 11 nitrogen and oxygen atoms in total. The average molecular weight is 564 g/mol. The van der Waals surface area contributed by atoms with Gasteiger partial charge in [0.15, 0.2) is 17.5 Å². The molecule has 2 aromatic heterocycles. The van der Waals surface area contributed by atoms with Crippen LogP contribution in [0.15, 0.2) is 64.8 Å². The summed E-state index contributed by atoms with van der Waals surface area (Å²) in [4.78, 5) is 57.2. The molecular formula is C28H29N5O6S. The van der Waals surface area contributed by atoms with Crippen molar-refractivity contribution >= 4 is 34.1 Å². The number of likely N-dealkylation sites (N-methyl/N-ethyl adjacent to an activating group) is 1. The molecular weight excluding hydrogens is 534 g/mol. The SMILES string of the molecule is CCC(=O)c1csc(NC(=O)[C@H]([C@@H](C)c2ccccc2)n2c(O)c(-c3ccc(OCC(=O)NC)cc3)[nH]c2=O)n1. The van der Waals surface area contributed by atoms with E-state index in [4.69, 9.17) is 4.74 Å². The zero-order valence-corrected chi connectivity index (χ0v) is 23.0. The number of aromatic hydroxyl groups is 1. The van der Waals surface area contributed by atoms with Crippen molar-refractivity contribution in [2.75, 3.05) is 19.0 Å². The van der Waals surface area contributed by atoms with Gasteiger partial charge in [0.1, 0.15) is 23.2 Å². The lowest BCUT2D eigenvalue weighted by Gasteiger charge is -2.24. The van der Waals surface area contributed by atoms with Gasteiger partial charge in [0.25, 0.3) is 5.91 Å². The summed E-state index contributed by atoms with van der Waals surface area (Å²) in [6.07, 6.45) is 0.279. The van der Waals surface area contributed by atoms with Crippen molar-refractivity contribution in [3.8, 4) is 22.9 Å². The first-order valence-corrected chi connectivity index (χ1v) is 13.4. The predicted octanol–water partition coefficient (Wildman–Crippen LogP) is 3.71. The van der Waals surface area contributed by atoms with Crippen LogP contribution >= 0.6 is 11.3 Å². The van der Waals surface area contributed by atoms with Gasteiger partial charge in [0.05, 0.1) is 0 Å². The normalized spacial score (nSPS) is 12.4. The molecule has 0 radical (unpaired) electrons. The van der Waals surface area contributed by atoms with Crippen molar-refractivity contribution < 1.29 is 24.2 Å². The molecule has 12 heteroatoms. The minimum absolute atomic E-state index is 0.117. The van der Waals surface area contributed by atoms with Gasteiger partial charge in [0, 0.05) is 30.3 Å². The molecule has 0 aliphatic rings. The summed E-state index contributed by atoms with van der Waals surface area (Å²) < 4.78 is 6.43. The number of anilines is 1. The Bertz CT molecular complexity index is 1560. The second-order valence-corrected chi connectivity index (χ2v) is 9.79. The summed E-state index contributed by atoms with van der Waals surface area (Å²) in [5, 5.41) is 18.2. The van der Waals surface area contributed by atoms with Gasteiger partial charge in [-0.1, -0.05) is 44.2 Å². The van der Waals surface area contributed by atoms with Gasteiger partial charge in [-0.2, -0.15) is 0 Å². The number of rotatable bonds is 11. The van der Waals surface area contributed by atoms with E-state index in [0.29, 0.717) is 11.3 Å². The number of ether oxygens (including phenoxy) is 1. The number of aromatic amines is 1. The number of hydrogen-bond donors (Lipinski definition) is 4. The van der Waals surface area contributed by atoms with Crippen molar-refractivity contribution in [2.45, 2.75) is 32.2 Å². The highest BCUT2D eigenvalue weighted by atomic mass is 32.1. The fourth-order valence-electron chi connectivity index (χ4n) is 4.16. The molecule has 2 aromatic carbocycles. The number of imidazole rings is 1. The highest BCUT2D eigenvalue weighted by Gasteiger charge is 2.33. The van der Waals surface area contributed by atoms with Crippen LogP contribution in [-0.2, 0) is 9.59 Å². The molecule has 2 amide bonds. The first-order chi connectivity index (χ1) is 19.2. The Morgan fingerprint density at radius 1 is 1.12 bits per heavy atom. The summed E-state index contributed by atoms with van der Waals surface area (Å²) in [5.74, 6) is -1.56. The van der Waals surface area contributed by atoms with E-state index in [1.54, 1.807) is 43.5 Å². The van der Waals surface area contributed by atoms with E-state index in [9.17, 15) is 24.3 Å². The first-order valence-electron chi connectivity index (χ1n) is 12.5. The first kappa shape index (κ1) is 28.3. The molecule has 0 bridgehead atoms. The van der Waals surface area contributed by atoms with Gasteiger partial charge in [-0.3, -0.25) is 14.4 Å². The summed E-state index contributed by atoms with van der Waals surface area (Å²) in [5.41, 5.74) is 0.926. The Labute approximate surface area is 233 Å². The van der Waals surface area contributed by atoms with Crippen LogP contribution in [0, 0.1) is 0 Å². The number of benzene rings is 2. The lowest BCUT2D eigenvalue weighted by Crippen LogP contribution is -2.35. The van der Waals surface area contributed by atoms with E-state index in [2.05, 4.69) is 20.6 Å². The minimum atomic E-state index is -1.16. The summed E-state index contributed by atoms with van der Waals surface area (Å²) in [6, 6.07) is 14.4. The Hall–Kier alpha value is -4.71. The van der Waals surface area contributed by atoms with Crippen molar-refractivity contribution in [1.29, 1.82) is 0 Å². The number of nitrogens with zero attached hydrogens (tertiary/aromatic N) is 2. The molecule has 208 valence electrons. The predicted molar refractivity (Wildman–Crippen MR) is 151 cm³/mol. The maximum absolute atomic E-state index is 13.7. The number of aromatic nitrogens is 3. The van der Waals surface area contributed by atoms with Crippen molar-refractivity contribution in [3.05, 3.63) is 81.7 Å². The van der Waals surface area contributed by atoms with Gasteiger partial charge < -0.3 is 25.5 Å². The van der Waals surface area contributed by atoms with E-state index in [1.165, 1.54) is 7.05 Å². The molecule has 40 heavy (non-hydrogen) atoms. The molecule has 4 rings (SSSR count). The van der Waals surface area contributed by atoms with Gasteiger partial charge in [-0.25, -0.2) is 14.3 Å². The fourth-order valence-corrected chi connectivity index (χ4v) is 4.88. The van der Waals surface area contributed by atoms with Crippen LogP contribution in [0.5, 0.6) is 11.6 Å². The molecule has 0 aliphatic carbocycles. The van der Waals surface area contributed by atoms with Crippen LogP contribution < -0.4 is 21.1 Å². The second kappa shape index (κ2) is 12.4. The van der Waals surface area contributed by atoms with Gasteiger partial charge in [-0.15, -0.1) is 11.3 Å². The zero-order valence-electron chi connectivity index (χ0n) is 22.1. The van der Waals surface area contributed by atoms with E-state index >= 15 is 0 Å². The van der Waals surface area contributed by atoms with Gasteiger partial charge in [0.2, 0.25) is 11.8 Å². The Morgan fingerprint density at radius 3 is 2.48 bits per heavy atom. The van der Waals surface area contributed by atoms with E-state index in [-0.39, 0.29) is 41.2 Å². The third kappa shape index (κ3) is 6.12. The average Bonchev–Trinajstić information content (AvgIpc) is 3.56. The fraction of sp³-hybridized carbons (Fsp3) is 0.250. The molecule has 0 fully saturated rings. The van der Waals surface area contributed by atoms with Crippen LogP contribution in [-0.4, -0.2) is 50.9 Å². The minimum Gasteiger partial charge on any atom is -0.493 e. The standard InChI is InChI=1S/C28H29N5O6S/c1-4-21(34)20-15-40-27(30-20)32-25(36)24(16(2)17-8-6-5-7-9-17)33-26(37)23(31-28(33)38)18-10-12-19(13-11-18)39-14-22(35)29-3/h5-13,15-16,24,37H,4,14H2,1-3H3,(H,29,35)(H,31,38)(H,30,32,36)/t16-,24-/m0/s1. The number of ketones is 1. The molecule has 0 saturated heterocycles. The quantitative estimate of drug-likeness (QED) is 0.203. The number of hydrogen-bond acceptors (Lipinski definition) is 8. The molecule has 4 N–H and O–H groups in total. The number of amides is 2. The molecule has 0 aliphatic heterocycles. The van der Waals surface area contributed by atoms with Crippen molar-refractivity contribution in [2.24, 2.45) is 0 Å². The third-order valence-electron chi connectivity index (χ3n) is 6.38. The van der Waals surface area contributed by atoms with E-state index in [0.717, 1.165) is 21.5 Å². The third-order valence-corrected chi connectivity index (χ3v) is 7.14. The molecule has 2 heterocycles. The molecule has 0 spiro atoms. The molecule has 0 saturated carbocycles. The summed E-state index contributed by atoms with van der Waals surface area (Å²) in [7, 11) is 1.51. The number of carbonyl (C=O) groups excluding carboxylic acids is 3. The highest BCUT2D eigenvalue weighted by molar-refractivity contribution is 7.14. The Kier molecular flexibility index (Phi) is 8.80. The smallest absolute Gasteiger partial charge is 0.329 e. The number of Topliss-reactive ketones (excluding diaryl/α,β-unsaturated/α-hetero) is 1. The largest absolute Gasteiger partial charge is 0.493 e. The second-order valence-electron chi connectivity index (χ2n) is 8.93. The van der Waals surface area contributed by atoms with Crippen molar-refractivity contribution in [1.82, 2.24) is 19.9 Å². The monoisotopic (exact) mass is 563 g/mol. The number of nitrogens with one attached hydrogen (secondary N) is 3.